The Hall–Kier alpha value is -2.08. The van der Waals surface area contributed by atoms with Crippen LogP contribution < -0.4 is 5.32 Å². The van der Waals surface area contributed by atoms with Crippen molar-refractivity contribution in [1.82, 2.24) is 9.80 Å². The lowest BCUT2D eigenvalue weighted by Crippen LogP contribution is -2.50. The van der Waals surface area contributed by atoms with E-state index in [0.717, 1.165) is 11.3 Å². The number of nitrogens with zero attached hydrogens (tertiary/aromatic N) is 2. The fraction of sp³-hybridized carbons (Fsp3) is 0.300. The first-order valence-corrected chi connectivity index (χ1v) is 9.52. The lowest BCUT2D eigenvalue weighted by molar-refractivity contribution is -0.117. The number of halogens is 2. The van der Waals surface area contributed by atoms with Crippen LogP contribution in [0, 0.1) is 6.92 Å². The third-order valence-electron chi connectivity index (χ3n) is 4.67. The molecule has 1 fully saturated rings. The molecule has 0 aliphatic carbocycles. The summed E-state index contributed by atoms with van der Waals surface area (Å²) in [7, 11) is 0. The van der Waals surface area contributed by atoms with Crippen LogP contribution in [0.2, 0.25) is 10.0 Å². The van der Waals surface area contributed by atoms with Crippen LogP contribution in [-0.2, 0) is 4.79 Å². The summed E-state index contributed by atoms with van der Waals surface area (Å²) in [4.78, 5) is 28.7. The van der Waals surface area contributed by atoms with Crippen molar-refractivity contribution >= 4 is 40.7 Å². The molecule has 5 nitrogen and oxygen atoms in total. The molecule has 0 unspecified atom stereocenters. The Balaban J connectivity index is 1.52. The fourth-order valence-corrected chi connectivity index (χ4v) is 3.44. The summed E-state index contributed by atoms with van der Waals surface area (Å²) >= 11 is 12.2. The van der Waals surface area contributed by atoms with Crippen molar-refractivity contribution in [2.75, 3.05) is 38.0 Å². The van der Waals surface area contributed by atoms with Crippen LogP contribution in [0.3, 0.4) is 0 Å². The lowest BCUT2D eigenvalue weighted by atomic mass is 10.1. The van der Waals surface area contributed by atoms with Gasteiger partial charge in [-0.3, -0.25) is 14.5 Å². The number of amides is 2. The second-order valence-electron chi connectivity index (χ2n) is 6.51. The summed E-state index contributed by atoms with van der Waals surface area (Å²) in [5, 5.41) is 3.99. The van der Waals surface area contributed by atoms with Crippen molar-refractivity contribution in [3.8, 4) is 0 Å². The minimum absolute atomic E-state index is 0.0701. The molecule has 1 aliphatic rings. The van der Waals surface area contributed by atoms with Crippen molar-refractivity contribution in [2.45, 2.75) is 6.92 Å². The summed E-state index contributed by atoms with van der Waals surface area (Å²) in [6.45, 7) is 4.55. The number of rotatable bonds is 4. The Bertz CT molecular complexity index is 849. The Morgan fingerprint density at radius 1 is 0.963 bits per heavy atom. The minimum atomic E-state index is -0.0914. The summed E-state index contributed by atoms with van der Waals surface area (Å²) in [6, 6.07) is 12.5. The van der Waals surface area contributed by atoms with Gasteiger partial charge in [-0.15, -0.1) is 0 Å². The fourth-order valence-electron chi connectivity index (χ4n) is 3.05. The third kappa shape index (κ3) is 4.80. The van der Waals surface area contributed by atoms with Crippen LogP contribution in [0.25, 0.3) is 0 Å². The monoisotopic (exact) mass is 405 g/mol. The number of carbonyl (C=O) groups excluding carboxylic acids is 2. The SMILES string of the molecule is Cc1c(Cl)cccc1NC(=O)CN1CCN(C(=O)c2ccccc2Cl)CC1. The molecular formula is C20H21Cl2N3O2. The van der Waals surface area contributed by atoms with Gasteiger partial charge in [0.1, 0.15) is 0 Å². The predicted octanol–water partition coefficient (Wildman–Crippen LogP) is 3.70. The third-order valence-corrected chi connectivity index (χ3v) is 5.41. The van der Waals surface area contributed by atoms with Crippen LogP contribution in [0.1, 0.15) is 15.9 Å². The smallest absolute Gasteiger partial charge is 0.255 e. The van der Waals surface area contributed by atoms with Gasteiger partial charge in [-0.05, 0) is 36.8 Å². The van der Waals surface area contributed by atoms with E-state index in [0.29, 0.717) is 41.8 Å². The number of anilines is 1. The van der Waals surface area contributed by atoms with E-state index >= 15 is 0 Å². The van der Waals surface area contributed by atoms with Crippen molar-refractivity contribution in [3.05, 3.63) is 63.6 Å². The molecule has 0 radical (unpaired) electrons. The Kier molecular flexibility index (Phi) is 6.37. The topological polar surface area (TPSA) is 52.7 Å². The molecule has 0 aromatic heterocycles. The highest BCUT2D eigenvalue weighted by molar-refractivity contribution is 6.33. The zero-order valence-corrected chi connectivity index (χ0v) is 16.6. The Morgan fingerprint density at radius 2 is 1.63 bits per heavy atom. The van der Waals surface area contributed by atoms with Crippen molar-refractivity contribution in [2.24, 2.45) is 0 Å². The van der Waals surface area contributed by atoms with Gasteiger partial charge in [-0.25, -0.2) is 0 Å². The predicted molar refractivity (Wildman–Crippen MR) is 109 cm³/mol. The number of hydrogen-bond acceptors (Lipinski definition) is 3. The van der Waals surface area contributed by atoms with Gasteiger partial charge in [0.2, 0.25) is 5.91 Å². The van der Waals surface area contributed by atoms with Crippen molar-refractivity contribution in [1.29, 1.82) is 0 Å². The Morgan fingerprint density at radius 3 is 2.33 bits per heavy atom. The number of carbonyl (C=O) groups is 2. The molecule has 0 bridgehead atoms. The number of piperazine rings is 1. The standard InChI is InChI=1S/C20H21Cl2N3O2/c1-14-16(21)7-4-8-18(14)23-19(26)13-24-9-11-25(12-10-24)20(27)15-5-2-3-6-17(15)22/h2-8H,9-13H2,1H3,(H,23,26). The molecule has 0 saturated carbocycles. The normalized spacial score (nSPS) is 14.9. The molecule has 0 spiro atoms. The highest BCUT2D eigenvalue weighted by atomic mass is 35.5. The van der Waals surface area contributed by atoms with Gasteiger partial charge in [0, 0.05) is 36.9 Å². The van der Waals surface area contributed by atoms with Gasteiger partial charge in [0.05, 0.1) is 17.1 Å². The van der Waals surface area contributed by atoms with E-state index < -0.39 is 0 Å². The summed E-state index contributed by atoms with van der Waals surface area (Å²) in [5.41, 5.74) is 2.09. The maximum absolute atomic E-state index is 12.6. The van der Waals surface area contributed by atoms with Crippen LogP contribution in [0.4, 0.5) is 5.69 Å². The molecule has 1 heterocycles. The summed E-state index contributed by atoms with van der Waals surface area (Å²) < 4.78 is 0. The quantitative estimate of drug-likeness (QED) is 0.843. The first-order valence-electron chi connectivity index (χ1n) is 8.77. The molecule has 1 aliphatic heterocycles. The first-order chi connectivity index (χ1) is 13.0. The molecule has 1 N–H and O–H groups in total. The van der Waals surface area contributed by atoms with Gasteiger partial charge in [0.15, 0.2) is 0 Å². The maximum Gasteiger partial charge on any atom is 0.255 e. The second kappa shape index (κ2) is 8.74. The number of nitrogens with one attached hydrogen (secondary N) is 1. The summed E-state index contributed by atoms with van der Waals surface area (Å²) in [6.07, 6.45) is 0. The molecular weight excluding hydrogens is 385 g/mol. The van der Waals surface area contributed by atoms with E-state index in [4.69, 9.17) is 23.2 Å². The second-order valence-corrected chi connectivity index (χ2v) is 7.32. The summed E-state index contributed by atoms with van der Waals surface area (Å²) in [5.74, 6) is -0.162. The highest BCUT2D eigenvalue weighted by Gasteiger charge is 2.24. The zero-order valence-electron chi connectivity index (χ0n) is 15.0. The van der Waals surface area contributed by atoms with Gasteiger partial charge in [0.25, 0.3) is 5.91 Å². The molecule has 2 aromatic carbocycles. The first kappa shape index (κ1) is 19.7. The molecule has 0 atom stereocenters. The van der Waals surface area contributed by atoms with Crippen molar-refractivity contribution < 1.29 is 9.59 Å². The lowest BCUT2D eigenvalue weighted by Gasteiger charge is -2.34. The molecule has 7 heteroatoms. The van der Waals surface area contributed by atoms with E-state index in [-0.39, 0.29) is 18.4 Å². The Labute approximate surface area is 168 Å². The largest absolute Gasteiger partial charge is 0.336 e. The van der Waals surface area contributed by atoms with Crippen LogP contribution >= 0.6 is 23.2 Å². The van der Waals surface area contributed by atoms with Crippen LogP contribution in [0.5, 0.6) is 0 Å². The van der Waals surface area contributed by atoms with Crippen LogP contribution in [-0.4, -0.2) is 54.3 Å². The molecule has 27 heavy (non-hydrogen) atoms. The maximum atomic E-state index is 12.6. The zero-order chi connectivity index (χ0) is 19.4. The number of hydrogen-bond donors (Lipinski definition) is 1. The number of benzene rings is 2. The molecule has 1 saturated heterocycles. The molecule has 3 rings (SSSR count). The van der Waals surface area contributed by atoms with E-state index in [2.05, 4.69) is 5.32 Å². The van der Waals surface area contributed by atoms with E-state index in [1.54, 1.807) is 35.2 Å². The molecule has 2 amide bonds. The van der Waals surface area contributed by atoms with E-state index in [9.17, 15) is 9.59 Å². The van der Waals surface area contributed by atoms with Gasteiger partial charge < -0.3 is 10.2 Å². The minimum Gasteiger partial charge on any atom is -0.336 e. The van der Waals surface area contributed by atoms with Gasteiger partial charge in [-0.1, -0.05) is 41.4 Å². The van der Waals surface area contributed by atoms with Gasteiger partial charge in [-0.2, -0.15) is 0 Å². The van der Waals surface area contributed by atoms with Crippen LogP contribution in [0.15, 0.2) is 42.5 Å². The highest BCUT2D eigenvalue weighted by Crippen LogP contribution is 2.23. The average Bonchev–Trinajstić information content (AvgIpc) is 2.66. The van der Waals surface area contributed by atoms with Gasteiger partial charge >= 0.3 is 0 Å². The van der Waals surface area contributed by atoms with E-state index in [1.165, 1.54) is 0 Å². The average molecular weight is 406 g/mol. The van der Waals surface area contributed by atoms with Crippen molar-refractivity contribution in [3.63, 3.8) is 0 Å². The van der Waals surface area contributed by atoms with E-state index in [1.807, 2.05) is 24.0 Å². The molecule has 2 aromatic rings. The molecule has 142 valence electrons.